The summed E-state index contributed by atoms with van der Waals surface area (Å²) in [4.78, 5) is 4.11. The van der Waals surface area contributed by atoms with Crippen LogP contribution < -0.4 is 5.32 Å². The van der Waals surface area contributed by atoms with Crippen LogP contribution in [0.15, 0.2) is 12.5 Å². The predicted molar refractivity (Wildman–Crippen MR) is 52.5 cm³/mol. The van der Waals surface area contributed by atoms with Crippen LogP contribution in [0.2, 0.25) is 0 Å². The molecule has 15 heavy (non-hydrogen) atoms. The number of nitrogens with one attached hydrogen (secondary N) is 1. The van der Waals surface area contributed by atoms with Gasteiger partial charge in [0.25, 0.3) is 0 Å². The molecule has 2 heterocycles. The minimum atomic E-state index is 0.645. The zero-order valence-corrected chi connectivity index (χ0v) is 8.75. The van der Waals surface area contributed by atoms with E-state index in [2.05, 4.69) is 25.7 Å². The SMILES string of the molecule is Cn1cnc(CNCc2cnnn2C)n1. The first-order chi connectivity index (χ1) is 7.25. The van der Waals surface area contributed by atoms with Crippen molar-refractivity contribution in [3.8, 4) is 0 Å². The van der Waals surface area contributed by atoms with Crippen molar-refractivity contribution in [2.45, 2.75) is 13.1 Å². The summed E-state index contributed by atoms with van der Waals surface area (Å²) in [5, 5.41) is 15.0. The van der Waals surface area contributed by atoms with E-state index in [1.807, 2.05) is 14.1 Å². The van der Waals surface area contributed by atoms with Crippen molar-refractivity contribution in [1.82, 2.24) is 35.1 Å². The first-order valence-corrected chi connectivity index (χ1v) is 4.64. The fourth-order valence-electron chi connectivity index (χ4n) is 1.24. The Balaban J connectivity index is 1.83. The van der Waals surface area contributed by atoms with Crippen molar-refractivity contribution < 1.29 is 0 Å². The molecule has 2 aromatic heterocycles. The van der Waals surface area contributed by atoms with Crippen LogP contribution in [0.4, 0.5) is 0 Å². The van der Waals surface area contributed by atoms with E-state index < -0.39 is 0 Å². The summed E-state index contributed by atoms with van der Waals surface area (Å²) >= 11 is 0. The number of hydrogen-bond donors (Lipinski definition) is 1. The van der Waals surface area contributed by atoms with Crippen molar-refractivity contribution in [2.24, 2.45) is 14.1 Å². The smallest absolute Gasteiger partial charge is 0.164 e. The summed E-state index contributed by atoms with van der Waals surface area (Å²) in [5.41, 5.74) is 1.03. The third-order valence-electron chi connectivity index (χ3n) is 2.04. The highest BCUT2D eigenvalue weighted by Gasteiger charge is 2.01. The fourth-order valence-corrected chi connectivity index (χ4v) is 1.24. The standard InChI is InChI=1S/C8H13N7/c1-14-6-10-8(12-14)5-9-3-7-4-11-13-15(7)2/h4,6,9H,3,5H2,1-2H3. The molecule has 0 atom stereocenters. The van der Waals surface area contributed by atoms with Crippen molar-refractivity contribution in [3.63, 3.8) is 0 Å². The molecule has 0 aliphatic carbocycles. The van der Waals surface area contributed by atoms with Crippen molar-refractivity contribution in [3.05, 3.63) is 24.0 Å². The molecule has 2 aromatic rings. The van der Waals surface area contributed by atoms with E-state index in [9.17, 15) is 0 Å². The van der Waals surface area contributed by atoms with Crippen LogP contribution in [0.5, 0.6) is 0 Å². The summed E-state index contributed by atoms with van der Waals surface area (Å²) in [7, 11) is 3.71. The largest absolute Gasteiger partial charge is 0.304 e. The minimum absolute atomic E-state index is 0.645. The van der Waals surface area contributed by atoms with Crippen LogP contribution in [0.25, 0.3) is 0 Å². The molecule has 7 heteroatoms. The molecule has 0 aromatic carbocycles. The van der Waals surface area contributed by atoms with Gasteiger partial charge in [-0.2, -0.15) is 5.10 Å². The van der Waals surface area contributed by atoms with E-state index in [1.54, 1.807) is 21.9 Å². The molecule has 0 unspecified atom stereocenters. The molecular formula is C8H13N7. The minimum Gasteiger partial charge on any atom is -0.304 e. The molecule has 2 rings (SSSR count). The summed E-state index contributed by atoms with van der Waals surface area (Å²) in [6.07, 6.45) is 3.42. The molecule has 0 spiro atoms. The van der Waals surface area contributed by atoms with Gasteiger partial charge in [0.1, 0.15) is 6.33 Å². The molecular weight excluding hydrogens is 194 g/mol. The van der Waals surface area contributed by atoms with E-state index in [0.29, 0.717) is 13.1 Å². The molecule has 0 fully saturated rings. The first kappa shape index (κ1) is 9.78. The second kappa shape index (κ2) is 4.18. The van der Waals surface area contributed by atoms with Crippen molar-refractivity contribution >= 4 is 0 Å². The number of nitrogens with zero attached hydrogens (tertiary/aromatic N) is 6. The maximum Gasteiger partial charge on any atom is 0.164 e. The van der Waals surface area contributed by atoms with Crippen LogP contribution in [0, 0.1) is 0 Å². The lowest BCUT2D eigenvalue weighted by molar-refractivity contribution is 0.601. The number of hydrogen-bond acceptors (Lipinski definition) is 5. The fraction of sp³-hybridized carbons (Fsp3) is 0.500. The molecule has 0 radical (unpaired) electrons. The van der Waals surface area contributed by atoms with E-state index in [0.717, 1.165) is 11.5 Å². The third kappa shape index (κ3) is 2.38. The Kier molecular flexibility index (Phi) is 2.72. The number of aryl methyl sites for hydroxylation is 2. The molecule has 0 saturated heterocycles. The van der Waals surface area contributed by atoms with Gasteiger partial charge in [-0.25, -0.2) is 4.98 Å². The molecule has 0 aliphatic heterocycles. The van der Waals surface area contributed by atoms with Crippen LogP contribution >= 0.6 is 0 Å². The van der Waals surface area contributed by atoms with Crippen molar-refractivity contribution in [1.29, 1.82) is 0 Å². The quantitative estimate of drug-likeness (QED) is 0.713. The average molecular weight is 207 g/mol. The van der Waals surface area contributed by atoms with Gasteiger partial charge in [-0.15, -0.1) is 5.10 Å². The first-order valence-electron chi connectivity index (χ1n) is 4.64. The Morgan fingerprint density at radius 3 is 2.80 bits per heavy atom. The van der Waals surface area contributed by atoms with Gasteiger partial charge < -0.3 is 5.32 Å². The van der Waals surface area contributed by atoms with Gasteiger partial charge >= 0.3 is 0 Å². The third-order valence-corrected chi connectivity index (χ3v) is 2.04. The molecule has 0 amide bonds. The highest BCUT2D eigenvalue weighted by molar-refractivity contribution is 4.92. The average Bonchev–Trinajstić information content (AvgIpc) is 2.77. The van der Waals surface area contributed by atoms with Gasteiger partial charge in [-0.3, -0.25) is 9.36 Å². The molecule has 7 nitrogen and oxygen atoms in total. The van der Waals surface area contributed by atoms with Gasteiger partial charge in [0.15, 0.2) is 5.82 Å². The summed E-state index contributed by atoms with van der Waals surface area (Å²) in [6.45, 7) is 1.35. The lowest BCUT2D eigenvalue weighted by Crippen LogP contribution is -2.16. The highest BCUT2D eigenvalue weighted by atomic mass is 15.4. The van der Waals surface area contributed by atoms with Crippen LogP contribution in [0.3, 0.4) is 0 Å². The van der Waals surface area contributed by atoms with Gasteiger partial charge in [-0.1, -0.05) is 5.21 Å². The predicted octanol–water partition coefficient (Wildman–Crippen LogP) is -0.767. The van der Waals surface area contributed by atoms with E-state index >= 15 is 0 Å². The number of aromatic nitrogens is 6. The van der Waals surface area contributed by atoms with Gasteiger partial charge in [0.05, 0.1) is 18.4 Å². The second-order valence-corrected chi connectivity index (χ2v) is 3.29. The lowest BCUT2D eigenvalue weighted by Gasteiger charge is -2.01. The molecule has 1 N–H and O–H groups in total. The van der Waals surface area contributed by atoms with Crippen LogP contribution in [0.1, 0.15) is 11.5 Å². The van der Waals surface area contributed by atoms with Gasteiger partial charge in [-0.05, 0) is 0 Å². The Morgan fingerprint density at radius 2 is 2.20 bits per heavy atom. The molecule has 80 valence electrons. The highest BCUT2D eigenvalue weighted by Crippen LogP contribution is 1.93. The monoisotopic (exact) mass is 207 g/mol. The van der Waals surface area contributed by atoms with Gasteiger partial charge in [0, 0.05) is 20.6 Å². The summed E-state index contributed by atoms with van der Waals surface area (Å²) < 4.78 is 3.42. The van der Waals surface area contributed by atoms with Gasteiger partial charge in [0.2, 0.25) is 0 Å². The maximum atomic E-state index is 4.16. The van der Waals surface area contributed by atoms with Crippen LogP contribution in [-0.2, 0) is 27.2 Å². The van der Waals surface area contributed by atoms with Crippen LogP contribution in [-0.4, -0.2) is 29.8 Å². The summed E-state index contributed by atoms with van der Waals surface area (Å²) in [6, 6.07) is 0. The van der Waals surface area contributed by atoms with E-state index in [4.69, 9.17) is 0 Å². The molecule has 0 aliphatic rings. The number of rotatable bonds is 4. The van der Waals surface area contributed by atoms with E-state index in [1.165, 1.54) is 0 Å². The Hall–Kier alpha value is -1.76. The second-order valence-electron chi connectivity index (χ2n) is 3.29. The van der Waals surface area contributed by atoms with Crippen molar-refractivity contribution in [2.75, 3.05) is 0 Å². The maximum absolute atomic E-state index is 4.16. The topological polar surface area (TPSA) is 73.5 Å². The Labute approximate surface area is 87.1 Å². The zero-order valence-electron chi connectivity index (χ0n) is 8.75. The zero-order chi connectivity index (χ0) is 10.7. The Morgan fingerprint density at radius 1 is 1.33 bits per heavy atom. The van der Waals surface area contributed by atoms with E-state index in [-0.39, 0.29) is 0 Å². The Bertz CT molecular complexity index is 430. The molecule has 0 saturated carbocycles. The lowest BCUT2D eigenvalue weighted by atomic mass is 10.4. The summed E-state index contributed by atoms with van der Waals surface area (Å²) in [5.74, 6) is 0.785. The molecule has 0 bridgehead atoms. The normalized spacial score (nSPS) is 10.8.